The van der Waals surface area contributed by atoms with Crippen molar-refractivity contribution in [1.82, 2.24) is 4.90 Å². The summed E-state index contributed by atoms with van der Waals surface area (Å²) in [6, 6.07) is 10.8. The second-order valence-electron chi connectivity index (χ2n) is 6.78. The summed E-state index contributed by atoms with van der Waals surface area (Å²) in [5, 5.41) is 10.9. The summed E-state index contributed by atoms with van der Waals surface area (Å²) in [4.78, 5) is 14.1. The predicted molar refractivity (Wildman–Crippen MR) is 101 cm³/mol. The van der Waals surface area contributed by atoms with Crippen LogP contribution in [0.5, 0.6) is 17.2 Å². The quantitative estimate of drug-likeness (QED) is 0.697. The highest BCUT2D eigenvalue weighted by Gasteiger charge is 2.15. The van der Waals surface area contributed by atoms with Crippen molar-refractivity contribution in [3.8, 4) is 17.2 Å². The van der Waals surface area contributed by atoms with Crippen LogP contribution >= 0.6 is 0 Å². The van der Waals surface area contributed by atoms with Crippen molar-refractivity contribution >= 4 is 11.0 Å². The van der Waals surface area contributed by atoms with Crippen LogP contribution in [0.25, 0.3) is 11.0 Å². The van der Waals surface area contributed by atoms with E-state index in [0.29, 0.717) is 25.1 Å². The van der Waals surface area contributed by atoms with Gasteiger partial charge in [-0.2, -0.15) is 0 Å². The molecule has 0 amide bonds. The fraction of sp³-hybridized carbons (Fsp3) is 0.286. The van der Waals surface area contributed by atoms with Crippen LogP contribution in [0, 0.1) is 0 Å². The van der Waals surface area contributed by atoms with Crippen molar-refractivity contribution < 1.29 is 19.0 Å². The van der Waals surface area contributed by atoms with E-state index in [2.05, 4.69) is 4.90 Å². The number of aryl methyl sites for hydroxylation is 1. The molecular weight excluding hydrogens is 346 g/mol. The molecule has 4 rings (SSSR count). The fourth-order valence-corrected chi connectivity index (χ4v) is 3.42. The zero-order chi connectivity index (χ0) is 19.0. The molecule has 0 aliphatic carbocycles. The summed E-state index contributed by atoms with van der Waals surface area (Å²) >= 11 is 0. The summed E-state index contributed by atoms with van der Waals surface area (Å²) in [6.45, 7) is 3.50. The number of hydrogen-bond donors (Lipinski definition) is 1. The van der Waals surface area contributed by atoms with Crippen LogP contribution in [-0.4, -0.2) is 23.8 Å². The maximum atomic E-state index is 11.9. The highest BCUT2D eigenvalue weighted by atomic mass is 16.7. The Morgan fingerprint density at radius 2 is 1.85 bits per heavy atom. The molecular formula is C21H21NO5. The highest BCUT2D eigenvalue weighted by molar-refractivity contribution is 5.82. The molecule has 0 saturated heterocycles. The van der Waals surface area contributed by atoms with Gasteiger partial charge in [0.2, 0.25) is 6.79 Å². The maximum Gasteiger partial charge on any atom is 0.336 e. The Kier molecular flexibility index (Phi) is 4.49. The average molecular weight is 367 g/mol. The Morgan fingerprint density at radius 3 is 2.67 bits per heavy atom. The van der Waals surface area contributed by atoms with Crippen LogP contribution in [0.15, 0.2) is 45.6 Å². The zero-order valence-corrected chi connectivity index (χ0v) is 15.3. The molecule has 2 aromatic carbocycles. The van der Waals surface area contributed by atoms with E-state index in [1.54, 1.807) is 0 Å². The number of benzene rings is 2. The lowest BCUT2D eigenvalue weighted by atomic mass is 10.0. The van der Waals surface area contributed by atoms with Gasteiger partial charge in [-0.25, -0.2) is 4.79 Å². The molecule has 1 aliphatic rings. The summed E-state index contributed by atoms with van der Waals surface area (Å²) in [6.07, 6.45) is 0.702. The van der Waals surface area contributed by atoms with Crippen LogP contribution in [0.1, 0.15) is 23.6 Å². The lowest BCUT2D eigenvalue weighted by Gasteiger charge is -2.18. The molecule has 6 heteroatoms. The summed E-state index contributed by atoms with van der Waals surface area (Å²) in [7, 11) is 1.99. The molecule has 1 N–H and O–H groups in total. The Morgan fingerprint density at radius 1 is 1.04 bits per heavy atom. The second-order valence-corrected chi connectivity index (χ2v) is 6.78. The SMILES string of the molecule is CCc1cc2c(CN(C)Cc3ccc4c(c3)OCO4)cc(=O)oc2cc1O. The van der Waals surface area contributed by atoms with Gasteiger partial charge in [0.05, 0.1) is 0 Å². The van der Waals surface area contributed by atoms with Gasteiger partial charge >= 0.3 is 5.63 Å². The molecule has 0 fully saturated rings. The minimum Gasteiger partial charge on any atom is -0.508 e. The molecule has 0 unspecified atom stereocenters. The fourth-order valence-electron chi connectivity index (χ4n) is 3.42. The van der Waals surface area contributed by atoms with Crippen molar-refractivity contribution in [3.05, 3.63) is 63.5 Å². The van der Waals surface area contributed by atoms with Crippen LogP contribution < -0.4 is 15.1 Å². The van der Waals surface area contributed by atoms with Crippen LogP contribution in [0.3, 0.4) is 0 Å². The van der Waals surface area contributed by atoms with Gasteiger partial charge in [-0.3, -0.25) is 4.90 Å². The third-order valence-electron chi connectivity index (χ3n) is 4.74. The van der Waals surface area contributed by atoms with Gasteiger partial charge in [0.25, 0.3) is 0 Å². The summed E-state index contributed by atoms with van der Waals surface area (Å²) in [5.41, 5.74) is 2.79. The van der Waals surface area contributed by atoms with Crippen LogP contribution in [0.2, 0.25) is 0 Å². The van der Waals surface area contributed by atoms with Gasteiger partial charge in [0.1, 0.15) is 11.3 Å². The lowest BCUT2D eigenvalue weighted by molar-refractivity contribution is 0.174. The smallest absolute Gasteiger partial charge is 0.336 e. The Hall–Kier alpha value is -2.99. The first kappa shape index (κ1) is 17.4. The molecule has 3 aromatic rings. The third kappa shape index (κ3) is 3.48. The van der Waals surface area contributed by atoms with Crippen molar-refractivity contribution in [2.75, 3.05) is 13.8 Å². The third-order valence-corrected chi connectivity index (χ3v) is 4.74. The lowest BCUT2D eigenvalue weighted by Crippen LogP contribution is -2.18. The largest absolute Gasteiger partial charge is 0.508 e. The number of fused-ring (bicyclic) bond motifs is 2. The molecule has 0 radical (unpaired) electrons. The van der Waals surface area contributed by atoms with Crippen molar-refractivity contribution in [3.63, 3.8) is 0 Å². The topological polar surface area (TPSA) is 72.1 Å². The molecule has 27 heavy (non-hydrogen) atoms. The van der Waals surface area contributed by atoms with Gasteiger partial charge in [0, 0.05) is 30.6 Å². The van der Waals surface area contributed by atoms with Gasteiger partial charge in [-0.05, 0) is 48.4 Å². The minimum atomic E-state index is -0.419. The Labute approximate surface area is 156 Å². The molecule has 0 saturated carbocycles. The van der Waals surface area contributed by atoms with Crippen LogP contribution in [-0.2, 0) is 19.5 Å². The standard InChI is InChI=1S/C21H21NO5/c1-3-14-7-16-15(8-21(24)27-19(16)9-17(14)23)11-22(2)10-13-4-5-18-20(6-13)26-12-25-18/h4-9,23H,3,10-12H2,1-2H3. The van der Waals surface area contributed by atoms with E-state index in [0.717, 1.165) is 33.6 Å². The van der Waals surface area contributed by atoms with Gasteiger partial charge < -0.3 is 19.0 Å². The number of nitrogens with zero attached hydrogens (tertiary/aromatic N) is 1. The number of hydrogen-bond acceptors (Lipinski definition) is 6. The summed E-state index contributed by atoms with van der Waals surface area (Å²) < 4.78 is 16.0. The van der Waals surface area contributed by atoms with Gasteiger partial charge in [-0.15, -0.1) is 0 Å². The van der Waals surface area contributed by atoms with Gasteiger partial charge in [-0.1, -0.05) is 13.0 Å². The monoisotopic (exact) mass is 367 g/mol. The second kappa shape index (κ2) is 6.96. The summed E-state index contributed by atoms with van der Waals surface area (Å²) in [5.74, 6) is 1.67. The molecule has 2 heterocycles. The number of rotatable bonds is 5. The number of ether oxygens (including phenoxy) is 2. The van der Waals surface area contributed by atoms with Crippen molar-refractivity contribution in [1.29, 1.82) is 0 Å². The molecule has 0 atom stereocenters. The van der Waals surface area contributed by atoms with Crippen LogP contribution in [0.4, 0.5) is 0 Å². The van der Waals surface area contributed by atoms with E-state index in [4.69, 9.17) is 13.9 Å². The number of aromatic hydroxyl groups is 1. The molecule has 1 aliphatic heterocycles. The first-order valence-corrected chi connectivity index (χ1v) is 8.89. The first-order valence-electron chi connectivity index (χ1n) is 8.89. The number of phenolic OH excluding ortho intramolecular Hbond substituents is 1. The average Bonchev–Trinajstić information content (AvgIpc) is 3.08. The van der Waals surface area contributed by atoms with Crippen molar-refractivity contribution in [2.45, 2.75) is 26.4 Å². The Balaban J connectivity index is 1.61. The maximum absolute atomic E-state index is 11.9. The van der Waals surface area contributed by atoms with E-state index >= 15 is 0 Å². The Bertz CT molecular complexity index is 1060. The zero-order valence-electron chi connectivity index (χ0n) is 15.3. The van der Waals surface area contributed by atoms with E-state index in [1.165, 1.54) is 12.1 Å². The minimum absolute atomic E-state index is 0.152. The molecule has 0 bridgehead atoms. The predicted octanol–water partition coefficient (Wildman–Crippen LogP) is 3.42. The van der Waals surface area contributed by atoms with E-state index < -0.39 is 5.63 Å². The van der Waals surface area contributed by atoms with E-state index in [9.17, 15) is 9.90 Å². The normalized spacial score (nSPS) is 12.9. The molecule has 1 aromatic heterocycles. The van der Waals surface area contributed by atoms with Gasteiger partial charge in [0.15, 0.2) is 11.5 Å². The first-order chi connectivity index (χ1) is 13.0. The van der Waals surface area contributed by atoms with E-state index in [1.807, 2.05) is 38.2 Å². The van der Waals surface area contributed by atoms with Crippen molar-refractivity contribution in [2.24, 2.45) is 0 Å². The molecule has 0 spiro atoms. The molecule has 6 nitrogen and oxygen atoms in total. The van der Waals surface area contributed by atoms with E-state index in [-0.39, 0.29) is 12.5 Å². The highest BCUT2D eigenvalue weighted by Crippen LogP contribution is 2.33. The number of phenols is 1. The molecule has 140 valence electrons.